The van der Waals surface area contributed by atoms with Crippen LogP contribution < -0.4 is 5.32 Å². The third-order valence-corrected chi connectivity index (χ3v) is 5.76. The van der Waals surface area contributed by atoms with E-state index in [0.717, 1.165) is 19.1 Å². The summed E-state index contributed by atoms with van der Waals surface area (Å²) in [5.74, 6) is 0.769. The van der Waals surface area contributed by atoms with E-state index in [1.54, 1.807) is 0 Å². The standard InChI is InChI=1S/C16H26N2OS/c1-12(7-8-14-6-3-9-19-14)17-10-15-11-18-16(20-15)13-4-2-5-13/h11-14,17H,2-10H2,1H3/t12-,14-/m0/s1. The highest BCUT2D eigenvalue weighted by molar-refractivity contribution is 7.11. The first-order valence-corrected chi connectivity index (χ1v) is 8.92. The second kappa shape index (κ2) is 7.01. The quantitative estimate of drug-likeness (QED) is 0.829. The van der Waals surface area contributed by atoms with Gasteiger partial charge in [0.05, 0.1) is 11.1 Å². The molecule has 0 unspecified atom stereocenters. The molecule has 1 aliphatic carbocycles. The van der Waals surface area contributed by atoms with Crippen LogP contribution in [0.4, 0.5) is 0 Å². The van der Waals surface area contributed by atoms with E-state index in [2.05, 4.69) is 23.4 Å². The summed E-state index contributed by atoms with van der Waals surface area (Å²) in [6.45, 7) is 4.22. The largest absolute Gasteiger partial charge is 0.378 e. The Kier molecular flexibility index (Phi) is 5.08. The number of nitrogens with one attached hydrogen (secondary N) is 1. The lowest BCUT2D eigenvalue weighted by Crippen LogP contribution is -2.26. The Morgan fingerprint density at radius 1 is 1.40 bits per heavy atom. The van der Waals surface area contributed by atoms with E-state index in [1.165, 1.54) is 54.8 Å². The Bertz CT molecular complexity index is 410. The minimum absolute atomic E-state index is 0.521. The van der Waals surface area contributed by atoms with Gasteiger partial charge in [-0.1, -0.05) is 6.42 Å². The molecule has 2 heterocycles. The van der Waals surface area contributed by atoms with Gasteiger partial charge in [0.15, 0.2) is 0 Å². The van der Waals surface area contributed by atoms with Crippen molar-refractivity contribution in [1.82, 2.24) is 10.3 Å². The molecule has 0 spiro atoms. The van der Waals surface area contributed by atoms with Crippen LogP contribution in [0.5, 0.6) is 0 Å². The van der Waals surface area contributed by atoms with Gasteiger partial charge in [0.2, 0.25) is 0 Å². The minimum atomic E-state index is 0.521. The topological polar surface area (TPSA) is 34.1 Å². The van der Waals surface area contributed by atoms with Crippen LogP contribution in [0.25, 0.3) is 0 Å². The normalized spacial score (nSPS) is 24.8. The molecule has 3 nitrogen and oxygen atoms in total. The molecular weight excluding hydrogens is 268 g/mol. The van der Waals surface area contributed by atoms with Crippen molar-refractivity contribution < 1.29 is 4.74 Å². The highest BCUT2D eigenvalue weighted by Gasteiger charge is 2.22. The molecule has 4 heteroatoms. The molecule has 2 aliphatic rings. The van der Waals surface area contributed by atoms with Crippen molar-refractivity contribution in [3.63, 3.8) is 0 Å². The summed E-state index contributed by atoms with van der Waals surface area (Å²) in [7, 11) is 0. The van der Waals surface area contributed by atoms with Gasteiger partial charge in [0.1, 0.15) is 0 Å². The van der Waals surface area contributed by atoms with Crippen molar-refractivity contribution in [3.05, 3.63) is 16.1 Å². The lowest BCUT2D eigenvalue weighted by molar-refractivity contribution is 0.100. The first kappa shape index (κ1) is 14.5. The van der Waals surface area contributed by atoms with E-state index in [0.29, 0.717) is 12.1 Å². The van der Waals surface area contributed by atoms with E-state index in [9.17, 15) is 0 Å². The highest BCUT2D eigenvalue weighted by Crippen LogP contribution is 2.38. The summed E-state index contributed by atoms with van der Waals surface area (Å²) in [5, 5.41) is 4.99. The van der Waals surface area contributed by atoms with Gasteiger partial charge in [-0.15, -0.1) is 11.3 Å². The van der Waals surface area contributed by atoms with E-state index in [4.69, 9.17) is 4.74 Å². The molecule has 0 amide bonds. The predicted molar refractivity (Wildman–Crippen MR) is 83.2 cm³/mol. The number of rotatable bonds is 7. The maximum absolute atomic E-state index is 5.68. The number of thiazole rings is 1. The van der Waals surface area contributed by atoms with Crippen molar-refractivity contribution in [2.75, 3.05) is 6.61 Å². The lowest BCUT2D eigenvalue weighted by atomic mass is 9.86. The second-order valence-electron chi connectivity index (χ2n) is 6.29. The van der Waals surface area contributed by atoms with Crippen LogP contribution in [0.15, 0.2) is 6.20 Å². The Labute approximate surface area is 126 Å². The number of hydrogen-bond donors (Lipinski definition) is 1. The van der Waals surface area contributed by atoms with Crippen LogP contribution in [0.3, 0.4) is 0 Å². The van der Waals surface area contributed by atoms with Gasteiger partial charge in [-0.05, 0) is 45.4 Å². The molecule has 0 aromatic carbocycles. The summed E-state index contributed by atoms with van der Waals surface area (Å²) in [5.41, 5.74) is 0. The Morgan fingerprint density at radius 3 is 3.00 bits per heavy atom. The molecule has 1 aromatic rings. The molecule has 1 aliphatic heterocycles. The average molecular weight is 294 g/mol. The summed E-state index contributed by atoms with van der Waals surface area (Å²) >= 11 is 1.90. The molecule has 3 rings (SSSR count). The third kappa shape index (κ3) is 3.80. The Morgan fingerprint density at radius 2 is 2.30 bits per heavy atom. The molecule has 112 valence electrons. The van der Waals surface area contributed by atoms with Crippen molar-refractivity contribution in [2.24, 2.45) is 0 Å². The molecular formula is C16H26N2OS. The van der Waals surface area contributed by atoms with Gasteiger partial charge in [0.25, 0.3) is 0 Å². The smallest absolute Gasteiger partial charge is 0.0959 e. The van der Waals surface area contributed by atoms with Crippen LogP contribution in [0.1, 0.15) is 67.7 Å². The molecule has 1 saturated carbocycles. The average Bonchev–Trinajstić information content (AvgIpc) is 3.03. The lowest BCUT2D eigenvalue weighted by Gasteiger charge is -2.22. The van der Waals surface area contributed by atoms with Crippen LogP contribution in [0.2, 0.25) is 0 Å². The number of nitrogens with zero attached hydrogens (tertiary/aromatic N) is 1. The monoisotopic (exact) mass is 294 g/mol. The first-order chi connectivity index (χ1) is 9.81. The van der Waals surface area contributed by atoms with Gasteiger partial charge < -0.3 is 10.1 Å². The maximum Gasteiger partial charge on any atom is 0.0959 e. The van der Waals surface area contributed by atoms with Crippen molar-refractivity contribution in [1.29, 1.82) is 0 Å². The molecule has 2 fully saturated rings. The summed E-state index contributed by atoms with van der Waals surface area (Å²) in [6.07, 6.45) is 11.6. The van der Waals surface area contributed by atoms with Crippen LogP contribution in [-0.2, 0) is 11.3 Å². The fourth-order valence-corrected chi connectivity index (χ4v) is 3.97. The molecule has 1 N–H and O–H groups in total. The zero-order valence-corrected chi connectivity index (χ0v) is 13.3. The zero-order valence-electron chi connectivity index (χ0n) is 12.4. The third-order valence-electron chi connectivity index (χ3n) is 4.60. The maximum atomic E-state index is 5.68. The van der Waals surface area contributed by atoms with Gasteiger partial charge in [-0.3, -0.25) is 0 Å². The van der Waals surface area contributed by atoms with Gasteiger partial charge >= 0.3 is 0 Å². The van der Waals surface area contributed by atoms with Crippen LogP contribution in [0, 0.1) is 0 Å². The van der Waals surface area contributed by atoms with Gasteiger partial charge in [-0.25, -0.2) is 4.98 Å². The van der Waals surface area contributed by atoms with Crippen LogP contribution >= 0.6 is 11.3 Å². The van der Waals surface area contributed by atoms with Crippen molar-refractivity contribution in [3.8, 4) is 0 Å². The number of ether oxygens (including phenoxy) is 1. The van der Waals surface area contributed by atoms with Crippen LogP contribution in [-0.4, -0.2) is 23.7 Å². The highest BCUT2D eigenvalue weighted by atomic mass is 32.1. The molecule has 20 heavy (non-hydrogen) atoms. The number of aromatic nitrogens is 1. The summed E-state index contributed by atoms with van der Waals surface area (Å²) < 4.78 is 5.68. The fourth-order valence-electron chi connectivity index (χ4n) is 2.93. The SMILES string of the molecule is C[C@@H](CC[C@@H]1CCCO1)NCc1cnc(C2CCC2)s1. The molecule has 1 aromatic heterocycles. The molecule has 1 saturated heterocycles. The Hall–Kier alpha value is -0.450. The van der Waals surface area contributed by atoms with E-state index in [1.807, 2.05) is 11.3 Å². The van der Waals surface area contributed by atoms with E-state index >= 15 is 0 Å². The molecule has 0 bridgehead atoms. The Balaban J connectivity index is 1.36. The van der Waals surface area contributed by atoms with Gasteiger partial charge in [-0.2, -0.15) is 0 Å². The molecule has 0 radical (unpaired) electrons. The molecule has 2 atom stereocenters. The van der Waals surface area contributed by atoms with Gasteiger partial charge in [0, 0.05) is 36.2 Å². The fraction of sp³-hybridized carbons (Fsp3) is 0.812. The summed E-state index contributed by atoms with van der Waals surface area (Å²) in [4.78, 5) is 5.97. The van der Waals surface area contributed by atoms with Crippen molar-refractivity contribution in [2.45, 2.75) is 76.5 Å². The second-order valence-corrected chi connectivity index (χ2v) is 7.43. The first-order valence-electron chi connectivity index (χ1n) is 8.11. The number of hydrogen-bond acceptors (Lipinski definition) is 4. The minimum Gasteiger partial charge on any atom is -0.378 e. The van der Waals surface area contributed by atoms with E-state index in [-0.39, 0.29) is 0 Å². The summed E-state index contributed by atoms with van der Waals surface area (Å²) in [6, 6.07) is 0.563. The zero-order chi connectivity index (χ0) is 13.8. The van der Waals surface area contributed by atoms with E-state index < -0.39 is 0 Å². The van der Waals surface area contributed by atoms with Crippen molar-refractivity contribution >= 4 is 11.3 Å². The predicted octanol–water partition coefficient (Wildman–Crippen LogP) is 3.85.